The molecule has 0 bridgehead atoms. The Bertz CT molecular complexity index is 292. The van der Waals surface area contributed by atoms with Crippen LogP contribution in [0.25, 0.3) is 0 Å². The van der Waals surface area contributed by atoms with Crippen LogP contribution in [0.2, 0.25) is 0 Å². The van der Waals surface area contributed by atoms with Crippen LogP contribution in [0.3, 0.4) is 0 Å². The molecular formula is C15H26O. The molecule has 0 spiro atoms. The maximum atomic E-state index is 10.9. The van der Waals surface area contributed by atoms with Gasteiger partial charge in [0, 0.05) is 5.92 Å². The van der Waals surface area contributed by atoms with Gasteiger partial charge in [0.2, 0.25) is 0 Å². The zero-order valence-corrected chi connectivity index (χ0v) is 11.2. The Morgan fingerprint density at radius 3 is 2.69 bits per heavy atom. The Morgan fingerprint density at radius 2 is 2.06 bits per heavy atom. The maximum absolute atomic E-state index is 10.9. The van der Waals surface area contributed by atoms with E-state index in [0.29, 0.717) is 17.8 Å². The number of hydrogen-bond acceptors (Lipinski definition) is 1. The summed E-state index contributed by atoms with van der Waals surface area (Å²) >= 11 is 0. The first-order chi connectivity index (χ1) is 7.45. The van der Waals surface area contributed by atoms with E-state index in [4.69, 9.17) is 0 Å². The second-order valence-electron chi connectivity index (χ2n) is 6.40. The van der Waals surface area contributed by atoms with Gasteiger partial charge in [0.1, 0.15) is 0 Å². The highest BCUT2D eigenvalue weighted by atomic mass is 16.3. The van der Waals surface area contributed by atoms with E-state index in [9.17, 15) is 5.11 Å². The minimum atomic E-state index is -0.446. The number of aliphatic hydroxyl groups is 1. The molecule has 0 aliphatic heterocycles. The summed E-state index contributed by atoms with van der Waals surface area (Å²) in [5, 5.41) is 10.9. The molecule has 2 aliphatic carbocycles. The average Bonchev–Trinajstić information content (AvgIpc) is 2.23. The van der Waals surface area contributed by atoms with Gasteiger partial charge in [0.05, 0.1) is 5.60 Å². The monoisotopic (exact) mass is 222 g/mol. The first-order valence-electron chi connectivity index (χ1n) is 6.85. The average molecular weight is 222 g/mol. The Morgan fingerprint density at radius 1 is 1.38 bits per heavy atom. The van der Waals surface area contributed by atoms with E-state index in [0.717, 1.165) is 12.3 Å². The summed E-state index contributed by atoms with van der Waals surface area (Å²) in [4.78, 5) is 0. The van der Waals surface area contributed by atoms with Crippen molar-refractivity contribution in [1.29, 1.82) is 0 Å². The van der Waals surface area contributed by atoms with Crippen LogP contribution in [0.5, 0.6) is 0 Å². The van der Waals surface area contributed by atoms with E-state index in [-0.39, 0.29) is 0 Å². The summed E-state index contributed by atoms with van der Waals surface area (Å²) in [6.45, 7) is 8.93. The lowest BCUT2D eigenvalue weighted by Gasteiger charge is -2.50. The van der Waals surface area contributed by atoms with Crippen molar-refractivity contribution in [3.8, 4) is 0 Å². The van der Waals surface area contributed by atoms with Crippen LogP contribution in [0.1, 0.15) is 53.4 Å². The van der Waals surface area contributed by atoms with Gasteiger partial charge in [-0.3, -0.25) is 0 Å². The van der Waals surface area contributed by atoms with Crippen molar-refractivity contribution in [3.63, 3.8) is 0 Å². The predicted octanol–water partition coefficient (Wildman–Crippen LogP) is 3.78. The molecule has 2 aliphatic rings. The highest BCUT2D eigenvalue weighted by molar-refractivity contribution is 5.15. The molecule has 2 rings (SSSR count). The molecule has 0 aromatic heterocycles. The van der Waals surface area contributed by atoms with Crippen LogP contribution >= 0.6 is 0 Å². The summed E-state index contributed by atoms with van der Waals surface area (Å²) in [5.74, 6) is 2.28. The molecule has 0 aromatic carbocycles. The molecule has 92 valence electrons. The van der Waals surface area contributed by atoms with E-state index >= 15 is 0 Å². The third-order valence-electron chi connectivity index (χ3n) is 5.11. The van der Waals surface area contributed by atoms with Gasteiger partial charge in [0.15, 0.2) is 0 Å². The molecule has 1 fully saturated rings. The molecule has 0 amide bonds. The SMILES string of the molecule is CC1=CC2C(CC1)C(C)CCC2(O)C(C)C. The van der Waals surface area contributed by atoms with Crippen molar-refractivity contribution in [2.24, 2.45) is 23.7 Å². The standard InChI is InChI=1S/C15H26O/c1-10(2)15(16)8-7-12(4)13-6-5-11(3)9-14(13)15/h9-10,12-14,16H,5-8H2,1-4H3. The van der Waals surface area contributed by atoms with Gasteiger partial charge in [0.25, 0.3) is 0 Å². The lowest BCUT2D eigenvalue weighted by Crippen LogP contribution is -2.51. The topological polar surface area (TPSA) is 20.2 Å². The van der Waals surface area contributed by atoms with Crippen LogP contribution in [0.4, 0.5) is 0 Å². The van der Waals surface area contributed by atoms with E-state index in [1.165, 1.54) is 24.8 Å². The zero-order chi connectivity index (χ0) is 11.9. The van der Waals surface area contributed by atoms with Gasteiger partial charge in [-0.25, -0.2) is 0 Å². The smallest absolute Gasteiger partial charge is 0.0735 e. The van der Waals surface area contributed by atoms with E-state index in [1.54, 1.807) is 0 Å². The Labute approximate surface area is 99.9 Å². The first-order valence-corrected chi connectivity index (χ1v) is 6.85. The maximum Gasteiger partial charge on any atom is 0.0735 e. The molecule has 0 heterocycles. The van der Waals surface area contributed by atoms with Crippen LogP contribution < -0.4 is 0 Å². The summed E-state index contributed by atoms with van der Waals surface area (Å²) in [5.41, 5.74) is 1.04. The van der Waals surface area contributed by atoms with Crippen molar-refractivity contribution >= 4 is 0 Å². The number of fused-ring (bicyclic) bond motifs is 1. The fraction of sp³-hybridized carbons (Fsp3) is 0.867. The zero-order valence-electron chi connectivity index (χ0n) is 11.2. The van der Waals surface area contributed by atoms with Gasteiger partial charge in [-0.05, 0) is 50.4 Å². The normalized spacial score (nSPS) is 44.1. The van der Waals surface area contributed by atoms with Crippen molar-refractivity contribution in [2.45, 2.75) is 59.0 Å². The van der Waals surface area contributed by atoms with Gasteiger partial charge in [-0.15, -0.1) is 0 Å². The fourth-order valence-corrected chi connectivity index (χ4v) is 3.75. The molecule has 1 nitrogen and oxygen atoms in total. The fourth-order valence-electron chi connectivity index (χ4n) is 3.75. The van der Waals surface area contributed by atoms with Gasteiger partial charge < -0.3 is 5.11 Å². The number of rotatable bonds is 1. The quantitative estimate of drug-likeness (QED) is 0.669. The minimum Gasteiger partial charge on any atom is -0.389 e. The molecule has 1 saturated carbocycles. The molecule has 0 saturated heterocycles. The van der Waals surface area contributed by atoms with E-state index < -0.39 is 5.60 Å². The van der Waals surface area contributed by atoms with Crippen molar-refractivity contribution < 1.29 is 5.11 Å². The van der Waals surface area contributed by atoms with Crippen molar-refractivity contribution in [3.05, 3.63) is 11.6 Å². The highest BCUT2D eigenvalue weighted by Crippen LogP contribution is 2.50. The number of hydrogen-bond donors (Lipinski definition) is 1. The third-order valence-corrected chi connectivity index (χ3v) is 5.11. The third kappa shape index (κ3) is 1.84. The molecule has 4 atom stereocenters. The van der Waals surface area contributed by atoms with E-state index in [1.807, 2.05) is 0 Å². The molecule has 0 aromatic rings. The Hall–Kier alpha value is -0.300. The van der Waals surface area contributed by atoms with Crippen LogP contribution in [0, 0.1) is 23.7 Å². The van der Waals surface area contributed by atoms with Crippen LogP contribution in [-0.2, 0) is 0 Å². The summed E-state index contributed by atoms with van der Waals surface area (Å²) < 4.78 is 0. The molecule has 0 radical (unpaired) electrons. The van der Waals surface area contributed by atoms with Gasteiger partial charge >= 0.3 is 0 Å². The second-order valence-corrected chi connectivity index (χ2v) is 6.40. The lowest BCUT2D eigenvalue weighted by atomic mass is 9.58. The van der Waals surface area contributed by atoms with Crippen LogP contribution in [0.15, 0.2) is 11.6 Å². The van der Waals surface area contributed by atoms with Gasteiger partial charge in [-0.2, -0.15) is 0 Å². The predicted molar refractivity (Wildman–Crippen MR) is 68.2 cm³/mol. The molecule has 1 N–H and O–H groups in total. The largest absolute Gasteiger partial charge is 0.389 e. The summed E-state index contributed by atoms with van der Waals surface area (Å²) in [7, 11) is 0. The molecule has 4 unspecified atom stereocenters. The first kappa shape index (κ1) is 12.2. The lowest BCUT2D eigenvalue weighted by molar-refractivity contribution is -0.107. The van der Waals surface area contributed by atoms with Gasteiger partial charge in [-0.1, -0.05) is 32.4 Å². The van der Waals surface area contributed by atoms with Crippen molar-refractivity contribution in [1.82, 2.24) is 0 Å². The second kappa shape index (κ2) is 4.18. The molecular weight excluding hydrogens is 196 g/mol. The highest BCUT2D eigenvalue weighted by Gasteiger charge is 2.48. The van der Waals surface area contributed by atoms with Crippen molar-refractivity contribution in [2.75, 3.05) is 0 Å². The summed E-state index contributed by atoms with van der Waals surface area (Å²) in [6.07, 6.45) is 7.08. The Kier molecular flexibility index (Phi) is 3.18. The summed E-state index contributed by atoms with van der Waals surface area (Å²) in [6, 6.07) is 0. The van der Waals surface area contributed by atoms with Crippen LogP contribution in [-0.4, -0.2) is 10.7 Å². The number of allylic oxidation sites excluding steroid dienone is 1. The van der Waals surface area contributed by atoms with E-state index in [2.05, 4.69) is 33.8 Å². The Balaban J connectivity index is 2.32. The molecule has 1 heteroatoms. The minimum absolute atomic E-state index is 0.370. The molecule has 16 heavy (non-hydrogen) atoms.